The number of guanidine groups is 1. The molecular weight excluding hydrogens is 502 g/mol. The fourth-order valence-electron chi connectivity index (χ4n) is 3.27. The summed E-state index contributed by atoms with van der Waals surface area (Å²) in [4.78, 5) is 76.2. The fraction of sp³-hybridized carbons (Fsp3) is 0.682. The van der Waals surface area contributed by atoms with Gasteiger partial charge in [0, 0.05) is 19.4 Å². The maximum atomic E-state index is 13.1. The first-order valence-corrected chi connectivity index (χ1v) is 12.1. The monoisotopic (exact) mass is 543 g/mol. The van der Waals surface area contributed by atoms with Gasteiger partial charge >= 0.3 is 5.97 Å². The van der Waals surface area contributed by atoms with Gasteiger partial charge in [0.1, 0.15) is 18.1 Å². The maximum Gasteiger partial charge on any atom is 0.326 e. The summed E-state index contributed by atoms with van der Waals surface area (Å²) < 4.78 is 0. The van der Waals surface area contributed by atoms with Crippen LogP contribution in [0.1, 0.15) is 58.8 Å². The van der Waals surface area contributed by atoms with Crippen LogP contribution in [0.15, 0.2) is 4.99 Å². The van der Waals surface area contributed by atoms with Crippen molar-refractivity contribution in [1.82, 2.24) is 16.0 Å². The molecule has 0 radical (unpaired) electrons. The van der Waals surface area contributed by atoms with Crippen molar-refractivity contribution in [1.29, 1.82) is 0 Å². The quantitative estimate of drug-likeness (QED) is 0.0439. The summed E-state index contributed by atoms with van der Waals surface area (Å²) in [5.41, 5.74) is 26.6. The molecule has 0 heterocycles. The van der Waals surface area contributed by atoms with Crippen LogP contribution >= 0.6 is 0 Å². The lowest BCUT2D eigenvalue weighted by atomic mass is 10.0. The van der Waals surface area contributed by atoms with Gasteiger partial charge in [-0.05, 0) is 38.0 Å². The van der Waals surface area contributed by atoms with Crippen LogP contribution in [0.3, 0.4) is 0 Å². The molecule has 0 aliphatic rings. The highest BCUT2D eigenvalue weighted by atomic mass is 16.4. The molecule has 0 aromatic heterocycles. The fourth-order valence-corrected chi connectivity index (χ4v) is 3.27. The van der Waals surface area contributed by atoms with Crippen LogP contribution in [-0.2, 0) is 28.8 Å². The van der Waals surface area contributed by atoms with Crippen molar-refractivity contribution in [2.75, 3.05) is 6.54 Å². The van der Waals surface area contributed by atoms with Gasteiger partial charge in [-0.25, -0.2) is 4.79 Å². The smallest absolute Gasteiger partial charge is 0.326 e. The van der Waals surface area contributed by atoms with Gasteiger partial charge in [0.15, 0.2) is 5.96 Å². The lowest BCUT2D eigenvalue weighted by molar-refractivity contribution is -0.143. The summed E-state index contributed by atoms with van der Waals surface area (Å²) in [6.07, 6.45) is -0.296. The van der Waals surface area contributed by atoms with E-state index in [9.17, 15) is 33.9 Å². The van der Waals surface area contributed by atoms with E-state index >= 15 is 0 Å². The number of rotatable bonds is 19. The van der Waals surface area contributed by atoms with Gasteiger partial charge in [-0.15, -0.1) is 0 Å². The number of nitrogens with zero attached hydrogens (tertiary/aromatic N) is 1. The minimum Gasteiger partial charge on any atom is -0.480 e. The number of hydrogen-bond donors (Lipinski definition) is 9. The van der Waals surface area contributed by atoms with Crippen LogP contribution in [0.5, 0.6) is 0 Å². The topological polar surface area (TPSA) is 301 Å². The molecule has 4 atom stereocenters. The van der Waals surface area contributed by atoms with Crippen molar-refractivity contribution in [2.24, 2.45) is 39.6 Å². The molecule has 16 heteroatoms. The zero-order chi connectivity index (χ0) is 29.4. The summed E-state index contributed by atoms with van der Waals surface area (Å²) >= 11 is 0. The van der Waals surface area contributed by atoms with Gasteiger partial charge in [-0.2, -0.15) is 0 Å². The number of aliphatic imine (C=N–C) groups is 1. The number of nitrogens with one attached hydrogen (secondary N) is 3. The highest BCUT2D eigenvalue weighted by Gasteiger charge is 2.30. The number of hydrogen-bond acceptors (Lipinski definition) is 8. The Morgan fingerprint density at radius 2 is 1.21 bits per heavy atom. The number of aliphatic carboxylic acids is 1. The van der Waals surface area contributed by atoms with Gasteiger partial charge in [-0.3, -0.25) is 29.0 Å². The third kappa shape index (κ3) is 15.2. The zero-order valence-corrected chi connectivity index (χ0v) is 21.8. The highest BCUT2D eigenvalue weighted by molar-refractivity contribution is 5.94. The first-order valence-electron chi connectivity index (χ1n) is 12.1. The second-order valence-corrected chi connectivity index (χ2v) is 9.22. The first-order chi connectivity index (χ1) is 17.6. The van der Waals surface area contributed by atoms with Gasteiger partial charge in [0.2, 0.25) is 29.5 Å². The maximum absolute atomic E-state index is 13.1. The Kier molecular flexibility index (Phi) is 15.7. The minimum atomic E-state index is -1.31. The van der Waals surface area contributed by atoms with Gasteiger partial charge in [0.25, 0.3) is 0 Å². The third-order valence-electron chi connectivity index (χ3n) is 5.25. The summed E-state index contributed by atoms with van der Waals surface area (Å²) in [6, 6.07) is -4.90. The second kappa shape index (κ2) is 17.5. The summed E-state index contributed by atoms with van der Waals surface area (Å²) in [7, 11) is 0. The van der Waals surface area contributed by atoms with E-state index in [1.54, 1.807) is 13.8 Å². The first kappa shape index (κ1) is 34.0. The predicted molar refractivity (Wildman–Crippen MR) is 138 cm³/mol. The standard InChI is InChI=1S/C22H41N9O7/c1-11(2)10-15(21(37)38)31-19(35)13(4-3-9-28-22(26)27)30-20(36)14(6-8-17(25)33)29-18(34)12(23)5-7-16(24)32/h11-15H,3-10,23H2,1-2H3,(H2,24,32)(H2,25,33)(H,29,34)(H,30,36)(H,31,35)(H,37,38)(H4,26,27,28). The van der Waals surface area contributed by atoms with Crippen LogP contribution < -0.4 is 44.6 Å². The van der Waals surface area contributed by atoms with Crippen LogP contribution in [-0.4, -0.2) is 77.3 Å². The highest BCUT2D eigenvalue weighted by Crippen LogP contribution is 2.08. The summed E-state index contributed by atoms with van der Waals surface area (Å²) in [6.45, 7) is 3.71. The zero-order valence-electron chi connectivity index (χ0n) is 21.8. The van der Waals surface area contributed by atoms with Crippen molar-refractivity contribution in [2.45, 2.75) is 83.0 Å². The van der Waals surface area contributed by atoms with Crippen LogP contribution in [0.4, 0.5) is 0 Å². The van der Waals surface area contributed by atoms with E-state index in [2.05, 4.69) is 20.9 Å². The molecule has 0 aromatic rings. The summed E-state index contributed by atoms with van der Waals surface area (Å²) in [5.74, 6) is -5.24. The molecule has 4 unspecified atom stereocenters. The van der Waals surface area contributed by atoms with Crippen LogP contribution in [0.2, 0.25) is 0 Å². The largest absolute Gasteiger partial charge is 0.480 e. The normalized spacial score (nSPS) is 13.9. The number of primary amides is 2. The van der Waals surface area contributed by atoms with E-state index in [4.69, 9.17) is 28.7 Å². The van der Waals surface area contributed by atoms with Crippen molar-refractivity contribution < 1.29 is 33.9 Å². The van der Waals surface area contributed by atoms with Crippen molar-refractivity contribution in [3.05, 3.63) is 0 Å². The second-order valence-electron chi connectivity index (χ2n) is 9.22. The number of nitrogens with two attached hydrogens (primary N) is 5. The Labute approximate surface area is 220 Å². The van der Waals surface area contributed by atoms with Gasteiger partial charge in [0.05, 0.1) is 6.04 Å². The molecule has 0 aliphatic heterocycles. The lowest BCUT2D eigenvalue weighted by Crippen LogP contribution is -2.57. The lowest BCUT2D eigenvalue weighted by Gasteiger charge is -2.25. The van der Waals surface area contributed by atoms with Crippen molar-refractivity contribution in [3.8, 4) is 0 Å². The Morgan fingerprint density at radius 3 is 1.68 bits per heavy atom. The number of carbonyl (C=O) groups excluding carboxylic acids is 5. The molecule has 0 aromatic carbocycles. The molecule has 0 aliphatic carbocycles. The van der Waals surface area contributed by atoms with Crippen molar-refractivity contribution in [3.63, 3.8) is 0 Å². The van der Waals surface area contributed by atoms with E-state index in [1.807, 2.05) is 0 Å². The molecule has 0 bridgehead atoms. The van der Waals surface area contributed by atoms with E-state index in [0.29, 0.717) is 0 Å². The molecule has 0 rings (SSSR count). The number of carboxylic acid groups (broad SMARTS) is 1. The predicted octanol–water partition coefficient (Wildman–Crippen LogP) is -3.52. The van der Waals surface area contributed by atoms with E-state index in [-0.39, 0.29) is 63.4 Å². The minimum absolute atomic E-state index is 0.0248. The molecule has 38 heavy (non-hydrogen) atoms. The van der Waals surface area contributed by atoms with Crippen molar-refractivity contribution >= 4 is 41.5 Å². The van der Waals surface area contributed by atoms with Crippen LogP contribution in [0.25, 0.3) is 0 Å². The molecule has 0 saturated carbocycles. The molecule has 0 spiro atoms. The third-order valence-corrected chi connectivity index (χ3v) is 5.25. The van der Waals surface area contributed by atoms with E-state index in [1.165, 1.54) is 0 Å². The Balaban J connectivity index is 5.70. The van der Waals surface area contributed by atoms with E-state index < -0.39 is 59.7 Å². The molecule has 14 N–H and O–H groups in total. The number of amides is 5. The Bertz CT molecular complexity index is 875. The molecule has 0 saturated heterocycles. The average Bonchev–Trinajstić information content (AvgIpc) is 2.80. The van der Waals surface area contributed by atoms with E-state index in [0.717, 1.165) is 0 Å². The molecule has 0 fully saturated rings. The summed E-state index contributed by atoms with van der Waals surface area (Å²) in [5, 5.41) is 16.8. The number of carboxylic acids is 1. The average molecular weight is 544 g/mol. The SMILES string of the molecule is CC(C)CC(NC(=O)C(CCCN=C(N)N)NC(=O)C(CCC(N)=O)NC(=O)C(N)CCC(N)=O)C(=O)O. The molecule has 16 nitrogen and oxygen atoms in total. The number of carbonyl (C=O) groups is 6. The Hall–Kier alpha value is -3.95. The van der Waals surface area contributed by atoms with Gasteiger partial charge in [-0.1, -0.05) is 13.8 Å². The van der Waals surface area contributed by atoms with Gasteiger partial charge < -0.3 is 49.7 Å². The Morgan fingerprint density at radius 1 is 0.737 bits per heavy atom. The van der Waals surface area contributed by atoms with Crippen LogP contribution in [0, 0.1) is 5.92 Å². The molecule has 216 valence electrons. The molecule has 5 amide bonds. The molecular formula is C22H41N9O7.